The number of amides is 1. The van der Waals surface area contributed by atoms with Crippen LogP contribution in [0.5, 0.6) is 0 Å². The maximum Gasteiger partial charge on any atom is 0.270 e. The molecule has 1 aliphatic rings. The Bertz CT molecular complexity index is 1190. The van der Waals surface area contributed by atoms with Crippen molar-refractivity contribution in [3.63, 3.8) is 0 Å². The molecule has 1 fully saturated rings. The summed E-state index contributed by atoms with van der Waals surface area (Å²) in [5.41, 5.74) is 3.48. The predicted molar refractivity (Wildman–Crippen MR) is 129 cm³/mol. The smallest absolute Gasteiger partial charge is 0.270 e. The van der Waals surface area contributed by atoms with E-state index in [1.807, 2.05) is 59.4 Å². The number of carbonyl (C=O) groups is 1. The van der Waals surface area contributed by atoms with E-state index in [1.54, 1.807) is 11.6 Å². The molecule has 1 amide bonds. The van der Waals surface area contributed by atoms with Crippen LogP contribution in [-0.2, 0) is 4.74 Å². The highest BCUT2D eigenvalue weighted by atomic mass is 32.1. The molecule has 8 heteroatoms. The second-order valence-electron chi connectivity index (χ2n) is 7.83. The molecule has 0 bridgehead atoms. The Balaban J connectivity index is 1.27. The Hall–Kier alpha value is -3.33. The van der Waals surface area contributed by atoms with Gasteiger partial charge >= 0.3 is 0 Å². The van der Waals surface area contributed by atoms with Gasteiger partial charge in [-0.15, -0.1) is 11.3 Å². The summed E-state index contributed by atoms with van der Waals surface area (Å²) in [5, 5.41) is 10.1. The van der Waals surface area contributed by atoms with Crippen LogP contribution in [0, 0.1) is 0 Å². The number of rotatable bonds is 7. The lowest BCUT2D eigenvalue weighted by Gasteiger charge is -2.34. The van der Waals surface area contributed by atoms with Crippen LogP contribution in [0.15, 0.2) is 78.4 Å². The molecule has 2 aromatic carbocycles. The first-order chi connectivity index (χ1) is 16.3. The second kappa shape index (κ2) is 10.1. The van der Waals surface area contributed by atoms with Crippen molar-refractivity contribution in [3.8, 4) is 16.3 Å². The molecule has 5 rings (SSSR count). The molecule has 1 atom stereocenters. The first kappa shape index (κ1) is 21.5. The van der Waals surface area contributed by atoms with E-state index in [0.29, 0.717) is 25.5 Å². The van der Waals surface area contributed by atoms with Crippen LogP contribution < -0.4 is 5.32 Å². The van der Waals surface area contributed by atoms with Crippen molar-refractivity contribution < 1.29 is 9.53 Å². The number of thiazole rings is 1. The summed E-state index contributed by atoms with van der Waals surface area (Å²) < 4.78 is 7.32. The predicted octanol–water partition coefficient (Wildman–Crippen LogP) is 3.80. The zero-order chi connectivity index (χ0) is 22.5. The number of hydrogen-bond donors (Lipinski definition) is 1. The molecule has 1 aliphatic heterocycles. The van der Waals surface area contributed by atoms with E-state index in [2.05, 4.69) is 32.4 Å². The second-order valence-corrected chi connectivity index (χ2v) is 8.69. The van der Waals surface area contributed by atoms with Gasteiger partial charge in [-0.3, -0.25) is 9.69 Å². The molecule has 0 aliphatic carbocycles. The van der Waals surface area contributed by atoms with E-state index in [4.69, 9.17) is 4.74 Å². The van der Waals surface area contributed by atoms with Gasteiger partial charge in [0.2, 0.25) is 0 Å². The van der Waals surface area contributed by atoms with E-state index in [9.17, 15) is 4.79 Å². The SMILES string of the molecule is O=C(NCC(c1ccccc1)N1CCOCC1)c1csc(-c2cnn(-c3ccccc3)c2)n1. The number of hydrogen-bond acceptors (Lipinski definition) is 6. The monoisotopic (exact) mass is 459 g/mol. The maximum atomic E-state index is 12.9. The summed E-state index contributed by atoms with van der Waals surface area (Å²) in [5.74, 6) is -0.165. The highest BCUT2D eigenvalue weighted by Gasteiger charge is 2.24. The van der Waals surface area contributed by atoms with Gasteiger partial charge in [0.15, 0.2) is 0 Å². The Kier molecular flexibility index (Phi) is 6.57. The molecule has 0 radical (unpaired) electrons. The summed E-state index contributed by atoms with van der Waals surface area (Å²) in [6.45, 7) is 3.64. The molecule has 2 aromatic heterocycles. The number of nitrogens with one attached hydrogen (secondary N) is 1. The molecule has 0 saturated carbocycles. The zero-order valence-electron chi connectivity index (χ0n) is 18.1. The van der Waals surface area contributed by atoms with Crippen molar-refractivity contribution in [1.29, 1.82) is 0 Å². The van der Waals surface area contributed by atoms with Crippen molar-refractivity contribution in [2.45, 2.75) is 6.04 Å². The van der Waals surface area contributed by atoms with Gasteiger partial charge in [-0.05, 0) is 17.7 Å². The number of carbonyl (C=O) groups excluding carboxylic acids is 1. The van der Waals surface area contributed by atoms with E-state index in [-0.39, 0.29) is 11.9 Å². The normalized spacial score (nSPS) is 15.3. The number of nitrogens with zero attached hydrogens (tertiary/aromatic N) is 4. The van der Waals surface area contributed by atoms with Gasteiger partial charge in [-0.25, -0.2) is 9.67 Å². The molecule has 168 valence electrons. The van der Waals surface area contributed by atoms with Crippen molar-refractivity contribution in [2.24, 2.45) is 0 Å². The minimum atomic E-state index is -0.165. The average molecular weight is 460 g/mol. The molecular weight excluding hydrogens is 434 g/mol. The highest BCUT2D eigenvalue weighted by Crippen LogP contribution is 2.25. The van der Waals surface area contributed by atoms with Gasteiger partial charge < -0.3 is 10.1 Å². The number of benzene rings is 2. The lowest BCUT2D eigenvalue weighted by molar-refractivity contribution is 0.0162. The molecule has 0 spiro atoms. The summed E-state index contributed by atoms with van der Waals surface area (Å²) in [6.07, 6.45) is 3.71. The standard InChI is InChI=1S/C25H25N5O2S/c31-24(26-16-23(19-7-3-1-4-8-19)29-11-13-32-14-12-29)22-18-33-25(28-22)20-15-27-30(17-20)21-9-5-2-6-10-21/h1-10,15,17-18,23H,11-14,16H2,(H,26,31). The first-order valence-corrected chi connectivity index (χ1v) is 11.9. The molecule has 4 aromatic rings. The minimum Gasteiger partial charge on any atom is -0.379 e. The molecular formula is C25H25N5O2S. The molecule has 3 heterocycles. The number of morpholine rings is 1. The third-order valence-corrected chi connectivity index (χ3v) is 6.61. The van der Waals surface area contributed by atoms with E-state index < -0.39 is 0 Å². The molecule has 1 unspecified atom stereocenters. The number of aromatic nitrogens is 3. The van der Waals surface area contributed by atoms with Gasteiger partial charge in [0.1, 0.15) is 10.7 Å². The summed E-state index contributed by atoms with van der Waals surface area (Å²) >= 11 is 1.45. The van der Waals surface area contributed by atoms with Gasteiger partial charge in [-0.2, -0.15) is 5.10 Å². The number of para-hydroxylation sites is 1. The summed E-state index contributed by atoms with van der Waals surface area (Å²) in [7, 11) is 0. The first-order valence-electron chi connectivity index (χ1n) is 11.0. The van der Waals surface area contributed by atoms with Crippen molar-refractivity contribution >= 4 is 17.2 Å². The average Bonchev–Trinajstić information content (AvgIpc) is 3.56. The van der Waals surface area contributed by atoms with E-state index in [1.165, 1.54) is 16.9 Å². The van der Waals surface area contributed by atoms with Gasteiger partial charge in [0, 0.05) is 36.8 Å². The van der Waals surface area contributed by atoms with Gasteiger partial charge in [0.05, 0.1) is 31.1 Å². The van der Waals surface area contributed by atoms with Crippen LogP contribution in [0.4, 0.5) is 0 Å². The maximum absolute atomic E-state index is 12.9. The topological polar surface area (TPSA) is 72.3 Å². The summed E-state index contributed by atoms with van der Waals surface area (Å²) in [4.78, 5) is 19.8. The third kappa shape index (κ3) is 5.03. The van der Waals surface area contributed by atoms with Crippen LogP contribution in [0.2, 0.25) is 0 Å². The number of ether oxygens (including phenoxy) is 1. The molecule has 33 heavy (non-hydrogen) atoms. The Morgan fingerprint density at radius 2 is 1.79 bits per heavy atom. The largest absolute Gasteiger partial charge is 0.379 e. The highest BCUT2D eigenvalue weighted by molar-refractivity contribution is 7.13. The molecule has 1 N–H and O–H groups in total. The van der Waals surface area contributed by atoms with Crippen LogP contribution >= 0.6 is 11.3 Å². The molecule has 7 nitrogen and oxygen atoms in total. The third-order valence-electron chi connectivity index (χ3n) is 5.71. The van der Waals surface area contributed by atoms with E-state index in [0.717, 1.165) is 29.3 Å². The van der Waals surface area contributed by atoms with Gasteiger partial charge in [-0.1, -0.05) is 48.5 Å². The van der Waals surface area contributed by atoms with Crippen LogP contribution in [0.25, 0.3) is 16.3 Å². The fourth-order valence-electron chi connectivity index (χ4n) is 3.97. The fraction of sp³-hybridized carbons (Fsp3) is 0.240. The Morgan fingerprint density at radius 1 is 1.06 bits per heavy atom. The lowest BCUT2D eigenvalue weighted by atomic mass is 10.0. The fourth-order valence-corrected chi connectivity index (χ4v) is 4.74. The van der Waals surface area contributed by atoms with E-state index >= 15 is 0 Å². The Morgan fingerprint density at radius 3 is 2.55 bits per heavy atom. The lowest BCUT2D eigenvalue weighted by Crippen LogP contribution is -2.43. The summed E-state index contributed by atoms with van der Waals surface area (Å²) in [6, 6.07) is 20.3. The van der Waals surface area contributed by atoms with Crippen LogP contribution in [0.1, 0.15) is 22.1 Å². The van der Waals surface area contributed by atoms with Gasteiger partial charge in [0.25, 0.3) is 5.91 Å². The van der Waals surface area contributed by atoms with Crippen LogP contribution in [0.3, 0.4) is 0 Å². The van der Waals surface area contributed by atoms with Crippen molar-refractivity contribution in [2.75, 3.05) is 32.8 Å². The minimum absolute atomic E-state index is 0.0984. The molecule has 1 saturated heterocycles. The quantitative estimate of drug-likeness (QED) is 0.455. The van der Waals surface area contributed by atoms with Crippen molar-refractivity contribution in [1.82, 2.24) is 25.0 Å². The zero-order valence-corrected chi connectivity index (χ0v) is 18.9. The van der Waals surface area contributed by atoms with Crippen LogP contribution in [-0.4, -0.2) is 58.4 Å². The Labute approximate surface area is 196 Å². The van der Waals surface area contributed by atoms with Crippen molar-refractivity contribution in [3.05, 3.63) is 89.7 Å².